The highest BCUT2D eigenvalue weighted by Crippen LogP contribution is 2.18. The predicted octanol–water partition coefficient (Wildman–Crippen LogP) is 1.21. The molecule has 1 atom stereocenters. The molecular formula is C14H17N5O. The molecule has 3 heterocycles. The Balaban J connectivity index is 1.72. The van der Waals surface area contributed by atoms with E-state index >= 15 is 0 Å². The maximum atomic E-state index is 5.27. The zero-order chi connectivity index (χ0) is 13.8. The van der Waals surface area contributed by atoms with Crippen LogP contribution in [0.5, 0.6) is 0 Å². The SMILES string of the molecule is CN1CCNCC1c1noc(/C=C/c2cccnc2)n1. The van der Waals surface area contributed by atoms with Crippen LogP contribution in [0.15, 0.2) is 29.0 Å². The molecule has 6 nitrogen and oxygen atoms in total. The summed E-state index contributed by atoms with van der Waals surface area (Å²) < 4.78 is 5.27. The second-order valence-corrected chi connectivity index (χ2v) is 4.81. The number of nitrogens with zero attached hydrogens (tertiary/aromatic N) is 4. The second-order valence-electron chi connectivity index (χ2n) is 4.81. The number of pyridine rings is 1. The first-order valence-electron chi connectivity index (χ1n) is 6.65. The van der Waals surface area contributed by atoms with Crippen LogP contribution in [0, 0.1) is 0 Å². The number of rotatable bonds is 3. The Hall–Kier alpha value is -2.05. The third-order valence-electron chi connectivity index (χ3n) is 3.37. The van der Waals surface area contributed by atoms with Crippen molar-refractivity contribution in [1.82, 2.24) is 25.3 Å². The van der Waals surface area contributed by atoms with E-state index in [-0.39, 0.29) is 6.04 Å². The molecule has 1 unspecified atom stereocenters. The third kappa shape index (κ3) is 2.92. The van der Waals surface area contributed by atoms with E-state index in [0.29, 0.717) is 5.89 Å². The number of hydrogen-bond donors (Lipinski definition) is 1. The van der Waals surface area contributed by atoms with Gasteiger partial charge in [0.15, 0.2) is 5.82 Å². The zero-order valence-corrected chi connectivity index (χ0v) is 11.4. The summed E-state index contributed by atoms with van der Waals surface area (Å²) in [6.45, 7) is 2.83. The van der Waals surface area contributed by atoms with E-state index in [4.69, 9.17) is 4.52 Å². The Bertz CT molecular complexity index is 580. The van der Waals surface area contributed by atoms with Gasteiger partial charge in [-0.05, 0) is 24.8 Å². The molecule has 1 N–H and O–H groups in total. The number of hydrogen-bond acceptors (Lipinski definition) is 6. The molecular weight excluding hydrogens is 254 g/mol. The van der Waals surface area contributed by atoms with Gasteiger partial charge in [0.2, 0.25) is 0 Å². The van der Waals surface area contributed by atoms with Gasteiger partial charge in [-0.2, -0.15) is 4.98 Å². The molecule has 0 saturated carbocycles. The highest BCUT2D eigenvalue weighted by Gasteiger charge is 2.24. The van der Waals surface area contributed by atoms with Crippen LogP contribution in [0.3, 0.4) is 0 Å². The first kappa shape index (κ1) is 13.0. The van der Waals surface area contributed by atoms with Crippen molar-refractivity contribution in [3.63, 3.8) is 0 Å². The highest BCUT2D eigenvalue weighted by molar-refractivity contribution is 5.65. The standard InChI is InChI=1S/C14H17N5O/c1-19-8-7-16-10-12(19)14-17-13(20-18-14)5-4-11-3-2-6-15-9-11/h2-6,9,12,16H,7-8,10H2,1H3/b5-4+. The summed E-state index contributed by atoms with van der Waals surface area (Å²) in [4.78, 5) is 10.7. The van der Waals surface area contributed by atoms with E-state index in [0.717, 1.165) is 31.0 Å². The lowest BCUT2D eigenvalue weighted by Gasteiger charge is -2.30. The van der Waals surface area contributed by atoms with Crippen LogP contribution < -0.4 is 5.32 Å². The van der Waals surface area contributed by atoms with Crippen LogP contribution in [0.4, 0.5) is 0 Å². The van der Waals surface area contributed by atoms with Gasteiger partial charge in [0.1, 0.15) is 0 Å². The molecule has 6 heteroatoms. The Morgan fingerprint density at radius 3 is 3.20 bits per heavy atom. The van der Waals surface area contributed by atoms with Crippen LogP contribution in [0.1, 0.15) is 23.3 Å². The molecule has 0 spiro atoms. The summed E-state index contributed by atoms with van der Waals surface area (Å²) >= 11 is 0. The highest BCUT2D eigenvalue weighted by atomic mass is 16.5. The zero-order valence-electron chi connectivity index (χ0n) is 11.4. The Labute approximate surface area is 117 Å². The summed E-state index contributed by atoms with van der Waals surface area (Å²) in [7, 11) is 2.08. The van der Waals surface area contributed by atoms with Crippen molar-refractivity contribution in [3.05, 3.63) is 41.8 Å². The fourth-order valence-electron chi connectivity index (χ4n) is 2.19. The van der Waals surface area contributed by atoms with Gasteiger partial charge in [-0.3, -0.25) is 9.88 Å². The van der Waals surface area contributed by atoms with Gasteiger partial charge >= 0.3 is 0 Å². The first-order chi connectivity index (χ1) is 9.83. The number of nitrogens with one attached hydrogen (secondary N) is 1. The Kier molecular flexibility index (Phi) is 3.85. The molecule has 2 aromatic heterocycles. The lowest BCUT2D eigenvalue weighted by molar-refractivity contribution is 0.190. The van der Waals surface area contributed by atoms with Crippen molar-refractivity contribution in [2.24, 2.45) is 0 Å². The van der Waals surface area contributed by atoms with E-state index in [1.165, 1.54) is 0 Å². The summed E-state index contributed by atoms with van der Waals surface area (Å²) in [5, 5.41) is 7.41. The smallest absolute Gasteiger partial charge is 0.250 e. The minimum atomic E-state index is 0.174. The number of likely N-dealkylation sites (N-methyl/N-ethyl adjacent to an activating group) is 1. The molecule has 0 bridgehead atoms. The largest absolute Gasteiger partial charge is 0.335 e. The monoisotopic (exact) mass is 271 g/mol. The van der Waals surface area contributed by atoms with E-state index in [2.05, 4.69) is 32.4 Å². The van der Waals surface area contributed by atoms with Gasteiger partial charge in [-0.25, -0.2) is 0 Å². The van der Waals surface area contributed by atoms with Crippen LogP contribution in [-0.4, -0.2) is 46.7 Å². The van der Waals surface area contributed by atoms with Gasteiger partial charge in [0, 0.05) is 38.1 Å². The first-order valence-corrected chi connectivity index (χ1v) is 6.65. The average molecular weight is 271 g/mol. The normalized spacial score (nSPS) is 20.6. The quantitative estimate of drug-likeness (QED) is 0.905. The third-order valence-corrected chi connectivity index (χ3v) is 3.37. The van der Waals surface area contributed by atoms with Gasteiger partial charge in [0.05, 0.1) is 6.04 Å². The Morgan fingerprint density at radius 2 is 2.40 bits per heavy atom. The fourth-order valence-corrected chi connectivity index (χ4v) is 2.19. The van der Waals surface area contributed by atoms with Crippen molar-refractivity contribution in [3.8, 4) is 0 Å². The van der Waals surface area contributed by atoms with E-state index in [9.17, 15) is 0 Å². The van der Waals surface area contributed by atoms with E-state index in [1.807, 2.05) is 24.3 Å². The summed E-state index contributed by atoms with van der Waals surface area (Å²) in [5.74, 6) is 1.24. The minimum Gasteiger partial charge on any atom is -0.335 e. The molecule has 1 fully saturated rings. The minimum absolute atomic E-state index is 0.174. The molecule has 1 aliphatic heterocycles. The van der Waals surface area contributed by atoms with Crippen molar-refractivity contribution in [2.45, 2.75) is 6.04 Å². The molecule has 20 heavy (non-hydrogen) atoms. The summed E-state index contributed by atoms with van der Waals surface area (Å²) in [5.41, 5.74) is 1.00. The molecule has 0 aromatic carbocycles. The van der Waals surface area contributed by atoms with Crippen molar-refractivity contribution < 1.29 is 4.52 Å². The maximum absolute atomic E-state index is 5.27. The molecule has 1 saturated heterocycles. The van der Waals surface area contributed by atoms with E-state index in [1.54, 1.807) is 12.4 Å². The van der Waals surface area contributed by atoms with Crippen molar-refractivity contribution in [2.75, 3.05) is 26.7 Å². The molecule has 0 radical (unpaired) electrons. The lowest BCUT2D eigenvalue weighted by atomic mass is 10.2. The molecule has 3 rings (SSSR count). The summed E-state index contributed by atoms with van der Waals surface area (Å²) in [6, 6.07) is 4.04. The van der Waals surface area contributed by atoms with Crippen LogP contribution in [-0.2, 0) is 0 Å². The van der Waals surface area contributed by atoms with Crippen molar-refractivity contribution in [1.29, 1.82) is 0 Å². The van der Waals surface area contributed by atoms with E-state index < -0.39 is 0 Å². The van der Waals surface area contributed by atoms with Crippen molar-refractivity contribution >= 4 is 12.2 Å². The topological polar surface area (TPSA) is 67.1 Å². The average Bonchev–Trinajstić information content (AvgIpc) is 2.95. The molecule has 0 amide bonds. The van der Waals surface area contributed by atoms with Gasteiger partial charge in [0.25, 0.3) is 5.89 Å². The predicted molar refractivity (Wildman–Crippen MR) is 75.7 cm³/mol. The molecule has 2 aromatic rings. The van der Waals surface area contributed by atoms with Crippen LogP contribution >= 0.6 is 0 Å². The second kappa shape index (κ2) is 5.94. The molecule has 104 valence electrons. The maximum Gasteiger partial charge on any atom is 0.250 e. The Morgan fingerprint density at radius 1 is 1.45 bits per heavy atom. The fraction of sp³-hybridized carbons (Fsp3) is 0.357. The van der Waals surface area contributed by atoms with Gasteiger partial charge in [-0.1, -0.05) is 11.2 Å². The summed E-state index contributed by atoms with van der Waals surface area (Å²) in [6.07, 6.45) is 7.25. The van der Waals surface area contributed by atoms with Gasteiger partial charge < -0.3 is 9.84 Å². The number of piperazine rings is 1. The molecule has 1 aliphatic rings. The van der Waals surface area contributed by atoms with Crippen LogP contribution in [0.2, 0.25) is 0 Å². The number of aromatic nitrogens is 3. The lowest BCUT2D eigenvalue weighted by Crippen LogP contribution is -2.44. The van der Waals surface area contributed by atoms with Gasteiger partial charge in [-0.15, -0.1) is 0 Å². The molecule has 0 aliphatic carbocycles. The van der Waals surface area contributed by atoms with Crippen LogP contribution in [0.25, 0.3) is 12.2 Å².